The van der Waals surface area contributed by atoms with Gasteiger partial charge in [-0.25, -0.2) is 0 Å². The molecule has 0 fully saturated rings. The Morgan fingerprint density at radius 1 is 0.485 bits per heavy atom. The number of hydrogen-bond donors (Lipinski definition) is 0. The number of esters is 1. The van der Waals surface area contributed by atoms with Crippen LogP contribution in [0, 0.1) is 0 Å². The molecule has 33 heavy (non-hydrogen) atoms. The molecule has 0 spiro atoms. The lowest BCUT2D eigenvalue weighted by Gasteiger charge is -2.07. The molecule has 0 saturated carbocycles. The first-order chi connectivity index (χ1) is 16.3. The Hall–Kier alpha value is -0.650. The Bertz CT molecular complexity index is 375. The van der Waals surface area contributed by atoms with Crippen molar-refractivity contribution in [2.45, 2.75) is 129 Å². The van der Waals surface area contributed by atoms with Crippen molar-refractivity contribution < 1.29 is 23.7 Å². The van der Waals surface area contributed by atoms with E-state index in [0.717, 1.165) is 12.8 Å². The van der Waals surface area contributed by atoms with E-state index in [1.807, 2.05) is 0 Å². The number of ether oxygens (including phenoxy) is 4. The van der Waals surface area contributed by atoms with Gasteiger partial charge in [0.25, 0.3) is 0 Å². The van der Waals surface area contributed by atoms with E-state index in [-0.39, 0.29) is 5.97 Å². The summed E-state index contributed by atoms with van der Waals surface area (Å²) in [5.41, 5.74) is 0. The van der Waals surface area contributed by atoms with Crippen LogP contribution in [0.1, 0.15) is 129 Å². The summed E-state index contributed by atoms with van der Waals surface area (Å²) in [4.78, 5) is 11.6. The van der Waals surface area contributed by atoms with Crippen molar-refractivity contribution in [3.63, 3.8) is 0 Å². The van der Waals surface area contributed by atoms with Crippen molar-refractivity contribution in [3.8, 4) is 0 Å². The van der Waals surface area contributed by atoms with E-state index in [4.69, 9.17) is 18.9 Å². The quantitative estimate of drug-likeness (QED) is 0.0865. The molecular formula is C28H56O5. The molecule has 0 rings (SSSR count). The predicted molar refractivity (Wildman–Crippen MR) is 138 cm³/mol. The molecule has 0 amide bonds. The normalized spacial score (nSPS) is 11.2. The highest BCUT2D eigenvalue weighted by molar-refractivity contribution is 5.69. The van der Waals surface area contributed by atoms with E-state index in [1.165, 1.54) is 103 Å². The van der Waals surface area contributed by atoms with Gasteiger partial charge >= 0.3 is 5.97 Å². The number of methoxy groups -OCH3 is 1. The van der Waals surface area contributed by atoms with E-state index >= 15 is 0 Å². The van der Waals surface area contributed by atoms with Crippen molar-refractivity contribution in [1.29, 1.82) is 0 Å². The molecule has 0 N–H and O–H groups in total. The first kappa shape index (κ1) is 32.4. The van der Waals surface area contributed by atoms with Crippen LogP contribution in [0.25, 0.3) is 0 Å². The maximum absolute atomic E-state index is 11.6. The fraction of sp³-hybridized carbons (Fsp3) is 0.964. The van der Waals surface area contributed by atoms with Crippen LogP contribution in [-0.2, 0) is 23.7 Å². The number of carbonyl (C=O) groups excluding carboxylic acids is 1. The minimum Gasteiger partial charge on any atom is -0.466 e. The third-order valence-electron chi connectivity index (χ3n) is 6.02. The Kier molecular flexibility index (Phi) is 28.8. The Morgan fingerprint density at radius 3 is 1.33 bits per heavy atom. The van der Waals surface area contributed by atoms with Crippen molar-refractivity contribution in [1.82, 2.24) is 0 Å². The highest BCUT2D eigenvalue weighted by Gasteiger charge is 2.02. The highest BCUT2D eigenvalue weighted by Crippen LogP contribution is 2.14. The SMILES string of the molecule is CCCCCCCCCCCCCCCCCCCCOC(=O)CCOCCOCCOC. The maximum Gasteiger partial charge on any atom is 0.308 e. The lowest BCUT2D eigenvalue weighted by atomic mass is 10.0. The fourth-order valence-corrected chi connectivity index (χ4v) is 3.88. The second-order valence-electron chi connectivity index (χ2n) is 9.20. The van der Waals surface area contributed by atoms with Crippen LogP contribution in [0.3, 0.4) is 0 Å². The van der Waals surface area contributed by atoms with E-state index in [1.54, 1.807) is 7.11 Å². The molecule has 198 valence electrons. The molecule has 0 aliphatic heterocycles. The fourth-order valence-electron chi connectivity index (χ4n) is 3.88. The smallest absolute Gasteiger partial charge is 0.308 e. The second-order valence-corrected chi connectivity index (χ2v) is 9.20. The van der Waals surface area contributed by atoms with Crippen LogP contribution in [0.15, 0.2) is 0 Å². The first-order valence-corrected chi connectivity index (χ1v) is 14.1. The minimum absolute atomic E-state index is 0.165. The molecular weight excluding hydrogens is 416 g/mol. The topological polar surface area (TPSA) is 54.0 Å². The average Bonchev–Trinajstić information content (AvgIpc) is 2.82. The van der Waals surface area contributed by atoms with E-state index in [0.29, 0.717) is 46.1 Å². The summed E-state index contributed by atoms with van der Waals surface area (Å²) < 4.78 is 20.8. The van der Waals surface area contributed by atoms with Crippen LogP contribution in [0.2, 0.25) is 0 Å². The molecule has 5 heteroatoms. The van der Waals surface area contributed by atoms with E-state index in [2.05, 4.69) is 6.92 Å². The van der Waals surface area contributed by atoms with Gasteiger partial charge in [-0.05, 0) is 6.42 Å². The molecule has 5 nitrogen and oxygen atoms in total. The van der Waals surface area contributed by atoms with Gasteiger partial charge in [0.2, 0.25) is 0 Å². The van der Waals surface area contributed by atoms with E-state index in [9.17, 15) is 4.79 Å². The molecule has 0 aromatic rings. The van der Waals surface area contributed by atoms with Gasteiger partial charge in [0.15, 0.2) is 0 Å². The van der Waals surface area contributed by atoms with Crippen molar-refractivity contribution in [3.05, 3.63) is 0 Å². The summed E-state index contributed by atoms with van der Waals surface area (Å²) in [5.74, 6) is -0.165. The van der Waals surface area contributed by atoms with Crippen LogP contribution in [0.5, 0.6) is 0 Å². The van der Waals surface area contributed by atoms with Gasteiger partial charge in [0.05, 0.1) is 46.1 Å². The van der Waals surface area contributed by atoms with Crippen molar-refractivity contribution >= 4 is 5.97 Å². The number of hydrogen-bond acceptors (Lipinski definition) is 5. The molecule has 0 aliphatic rings. The van der Waals surface area contributed by atoms with Crippen LogP contribution in [0.4, 0.5) is 0 Å². The Morgan fingerprint density at radius 2 is 0.879 bits per heavy atom. The average molecular weight is 473 g/mol. The molecule has 0 aromatic heterocycles. The summed E-state index contributed by atoms with van der Waals surface area (Å²) in [5, 5.41) is 0. The largest absolute Gasteiger partial charge is 0.466 e. The summed E-state index contributed by atoms with van der Waals surface area (Å²) >= 11 is 0. The third-order valence-corrected chi connectivity index (χ3v) is 6.02. The van der Waals surface area contributed by atoms with Gasteiger partial charge in [-0.2, -0.15) is 0 Å². The maximum atomic E-state index is 11.6. The lowest BCUT2D eigenvalue weighted by Crippen LogP contribution is -2.12. The van der Waals surface area contributed by atoms with Crippen LogP contribution < -0.4 is 0 Å². The summed E-state index contributed by atoms with van der Waals surface area (Å²) in [6, 6.07) is 0. The van der Waals surface area contributed by atoms with Gasteiger partial charge in [0, 0.05) is 7.11 Å². The van der Waals surface area contributed by atoms with Crippen LogP contribution >= 0.6 is 0 Å². The summed E-state index contributed by atoms with van der Waals surface area (Å²) in [6.07, 6.45) is 24.8. The molecule has 0 radical (unpaired) electrons. The second kappa shape index (κ2) is 29.4. The van der Waals surface area contributed by atoms with Gasteiger partial charge in [-0.3, -0.25) is 4.79 Å². The standard InChI is InChI=1S/C28H56O5/c1-3-4-5-6-7-8-9-10-11-12-13-14-15-16-17-18-19-20-22-33-28(29)21-23-31-26-27-32-25-24-30-2/h3-27H2,1-2H3. The highest BCUT2D eigenvalue weighted by atomic mass is 16.5. The Labute approximate surface area is 205 Å². The molecule has 0 atom stereocenters. The lowest BCUT2D eigenvalue weighted by molar-refractivity contribution is -0.145. The molecule has 0 heterocycles. The number of carbonyl (C=O) groups is 1. The summed E-state index contributed by atoms with van der Waals surface area (Å²) in [6.45, 7) is 5.40. The van der Waals surface area contributed by atoms with Gasteiger partial charge in [-0.1, -0.05) is 116 Å². The predicted octanol–water partition coefficient (Wildman–Crippen LogP) is 7.64. The van der Waals surface area contributed by atoms with Gasteiger partial charge in [0.1, 0.15) is 0 Å². The van der Waals surface area contributed by atoms with Crippen molar-refractivity contribution in [2.75, 3.05) is 46.8 Å². The molecule has 0 bridgehead atoms. The number of rotatable bonds is 28. The zero-order chi connectivity index (χ0) is 24.1. The molecule has 0 saturated heterocycles. The third kappa shape index (κ3) is 29.3. The van der Waals surface area contributed by atoms with Gasteiger partial charge in [-0.15, -0.1) is 0 Å². The van der Waals surface area contributed by atoms with Crippen LogP contribution in [-0.4, -0.2) is 52.7 Å². The molecule has 0 aliphatic carbocycles. The van der Waals surface area contributed by atoms with Crippen molar-refractivity contribution in [2.24, 2.45) is 0 Å². The molecule has 0 unspecified atom stereocenters. The first-order valence-electron chi connectivity index (χ1n) is 14.1. The zero-order valence-electron chi connectivity index (χ0n) is 22.2. The van der Waals surface area contributed by atoms with Gasteiger partial charge < -0.3 is 18.9 Å². The monoisotopic (exact) mass is 472 g/mol. The van der Waals surface area contributed by atoms with E-state index < -0.39 is 0 Å². The summed E-state index contributed by atoms with van der Waals surface area (Å²) in [7, 11) is 1.65. The number of unbranched alkanes of at least 4 members (excludes halogenated alkanes) is 17. The minimum atomic E-state index is -0.165. The molecule has 0 aromatic carbocycles. The zero-order valence-corrected chi connectivity index (χ0v) is 22.2. The Balaban J connectivity index is 3.11.